The zero-order valence-corrected chi connectivity index (χ0v) is 21.9. The van der Waals surface area contributed by atoms with Gasteiger partial charge in [0, 0.05) is 22.1 Å². The maximum atomic E-state index is 17.3. The van der Waals surface area contributed by atoms with Crippen LogP contribution in [0.15, 0.2) is 46.1 Å². The molecule has 3 fully saturated rings. The van der Waals surface area contributed by atoms with Crippen LogP contribution in [-0.2, 0) is 16.8 Å². The van der Waals surface area contributed by atoms with Crippen LogP contribution in [0, 0.1) is 28.6 Å². The highest BCUT2D eigenvalue weighted by Gasteiger charge is 2.74. The van der Waals surface area contributed by atoms with Gasteiger partial charge in [0.1, 0.15) is 16.9 Å². The standard InChI is InChI=1S/C28H31FN2O5S/c1-15-10-19-18-5-4-16-11-17(32)6-7-25(16,2)27(18,29)22(34)13-26(19,3)28(15,35)21-14-37-23(31-21)12-20(33)24-30-8-9-36-24/h6-9,11,14-15,18-19,22,34-35H,4-5,10,12-13H2,1-3H3/t15-,18+,19+,22+,25+,26+,27+,28+/m1/s1. The number of nitrogens with zero attached hydrogens (tertiary/aromatic N) is 2. The molecule has 9 heteroatoms. The van der Waals surface area contributed by atoms with Crippen LogP contribution in [-0.4, -0.2) is 43.5 Å². The number of ketones is 2. The van der Waals surface area contributed by atoms with Gasteiger partial charge in [-0.15, -0.1) is 11.3 Å². The molecule has 4 aliphatic rings. The summed E-state index contributed by atoms with van der Waals surface area (Å²) < 4.78 is 22.4. The van der Waals surface area contributed by atoms with Crippen molar-refractivity contribution in [2.24, 2.45) is 28.6 Å². The number of fused-ring (bicyclic) bond motifs is 5. The highest BCUT2D eigenvalue weighted by Crippen LogP contribution is 2.72. The average molecular weight is 527 g/mol. The molecule has 0 saturated heterocycles. The topological polar surface area (TPSA) is 114 Å². The van der Waals surface area contributed by atoms with Crippen LogP contribution in [0.5, 0.6) is 0 Å². The van der Waals surface area contributed by atoms with Crippen LogP contribution in [0.3, 0.4) is 0 Å². The first-order valence-electron chi connectivity index (χ1n) is 12.9. The summed E-state index contributed by atoms with van der Waals surface area (Å²) in [7, 11) is 0. The van der Waals surface area contributed by atoms with Gasteiger partial charge < -0.3 is 14.6 Å². The largest absolute Gasteiger partial charge is 0.442 e. The molecule has 0 aliphatic heterocycles. The fraction of sp³-hybridized carbons (Fsp3) is 0.571. The summed E-state index contributed by atoms with van der Waals surface area (Å²) in [4.78, 5) is 33.1. The highest BCUT2D eigenvalue weighted by atomic mass is 32.1. The van der Waals surface area contributed by atoms with Gasteiger partial charge in [-0.1, -0.05) is 25.5 Å². The number of hydrogen-bond donors (Lipinski definition) is 2. The smallest absolute Gasteiger partial charge is 0.263 e. The molecule has 3 saturated carbocycles. The molecule has 2 aromatic heterocycles. The van der Waals surface area contributed by atoms with E-state index in [1.807, 2.05) is 13.8 Å². The van der Waals surface area contributed by atoms with E-state index < -0.39 is 34.1 Å². The number of Topliss-reactive ketones (excluding diaryl/α,β-unsaturated/α-hetero) is 1. The quantitative estimate of drug-likeness (QED) is 0.569. The van der Waals surface area contributed by atoms with Crippen molar-refractivity contribution in [1.29, 1.82) is 0 Å². The van der Waals surface area contributed by atoms with Crippen LogP contribution < -0.4 is 0 Å². The van der Waals surface area contributed by atoms with Crippen LogP contribution in [0.2, 0.25) is 0 Å². The van der Waals surface area contributed by atoms with Crippen molar-refractivity contribution in [3.05, 3.63) is 58.2 Å². The van der Waals surface area contributed by atoms with E-state index in [0.717, 1.165) is 5.57 Å². The van der Waals surface area contributed by atoms with Crippen molar-refractivity contribution in [3.8, 4) is 0 Å². The first-order chi connectivity index (χ1) is 17.4. The second-order valence-corrected chi connectivity index (χ2v) is 12.7. The van der Waals surface area contributed by atoms with Gasteiger partial charge in [0.05, 0.1) is 24.4 Å². The number of rotatable bonds is 4. The second-order valence-electron chi connectivity index (χ2n) is 11.7. The Morgan fingerprint density at radius 3 is 2.84 bits per heavy atom. The van der Waals surface area contributed by atoms with Gasteiger partial charge in [-0.25, -0.2) is 14.4 Å². The molecule has 0 unspecified atom stereocenters. The first-order valence-corrected chi connectivity index (χ1v) is 13.7. The summed E-state index contributed by atoms with van der Waals surface area (Å²) in [6, 6.07) is 0. The Kier molecular flexibility index (Phi) is 5.37. The Hall–Kier alpha value is -2.49. The Balaban J connectivity index is 1.35. The molecule has 4 aliphatic carbocycles. The molecule has 2 aromatic rings. The van der Waals surface area contributed by atoms with E-state index in [2.05, 4.69) is 9.97 Å². The first kappa shape index (κ1) is 24.8. The molecule has 2 heterocycles. The Labute approximate surface area is 218 Å². The zero-order valence-electron chi connectivity index (χ0n) is 21.1. The molecule has 37 heavy (non-hydrogen) atoms. The summed E-state index contributed by atoms with van der Waals surface area (Å²) in [5.41, 5.74) is -4.02. The number of hydrogen-bond acceptors (Lipinski definition) is 8. The number of alkyl halides is 1. The van der Waals surface area contributed by atoms with E-state index in [1.54, 1.807) is 18.4 Å². The number of carbonyl (C=O) groups excluding carboxylic acids is 2. The lowest BCUT2D eigenvalue weighted by atomic mass is 9.44. The fourth-order valence-electron chi connectivity index (χ4n) is 8.23. The van der Waals surface area contributed by atoms with Gasteiger partial charge in [-0.2, -0.15) is 0 Å². The van der Waals surface area contributed by atoms with Crippen molar-refractivity contribution < 1.29 is 28.6 Å². The number of aliphatic hydroxyl groups is 2. The SMILES string of the molecule is C[C@@H]1C[C@H]2[C@@H]3CCC4=CC(=O)C=C[C@]4(C)[C@@]3(F)[C@@H](O)C[C@]2(C)[C@@]1(O)c1csc(CC(=O)c2ncco2)n1. The zero-order chi connectivity index (χ0) is 26.4. The van der Waals surface area contributed by atoms with Crippen molar-refractivity contribution in [2.75, 3.05) is 0 Å². The molecule has 8 atom stereocenters. The van der Waals surface area contributed by atoms with E-state index in [-0.39, 0.29) is 42.1 Å². The molecule has 0 spiro atoms. The minimum absolute atomic E-state index is 0.00709. The number of aliphatic hydroxyl groups excluding tert-OH is 1. The molecule has 196 valence electrons. The predicted octanol–water partition coefficient (Wildman–Crippen LogP) is 4.36. The normalized spacial score (nSPS) is 42.6. The molecule has 0 bridgehead atoms. The summed E-state index contributed by atoms with van der Waals surface area (Å²) in [6.45, 7) is 5.71. The minimum atomic E-state index is -1.95. The summed E-state index contributed by atoms with van der Waals surface area (Å²) in [6.07, 6.45) is 7.77. The van der Waals surface area contributed by atoms with Gasteiger partial charge >= 0.3 is 0 Å². The lowest BCUT2D eigenvalue weighted by Crippen LogP contribution is -2.68. The lowest BCUT2D eigenvalue weighted by molar-refractivity contribution is -0.223. The Bertz CT molecular complexity index is 1340. The molecule has 2 N–H and O–H groups in total. The highest BCUT2D eigenvalue weighted by molar-refractivity contribution is 7.09. The van der Waals surface area contributed by atoms with E-state index in [1.165, 1.54) is 35.9 Å². The second kappa shape index (κ2) is 8.01. The van der Waals surface area contributed by atoms with E-state index >= 15 is 4.39 Å². The lowest BCUT2D eigenvalue weighted by Gasteiger charge is -2.62. The summed E-state index contributed by atoms with van der Waals surface area (Å²) in [5, 5.41) is 26.2. The van der Waals surface area contributed by atoms with Crippen LogP contribution in [0.4, 0.5) is 4.39 Å². The van der Waals surface area contributed by atoms with Gasteiger partial charge in [0.2, 0.25) is 5.78 Å². The third-order valence-corrected chi connectivity index (χ3v) is 11.0. The summed E-state index contributed by atoms with van der Waals surface area (Å²) >= 11 is 1.29. The van der Waals surface area contributed by atoms with Gasteiger partial charge in [0.25, 0.3) is 5.89 Å². The monoisotopic (exact) mass is 526 g/mol. The number of carbonyl (C=O) groups is 2. The average Bonchev–Trinajstić information content (AvgIpc) is 3.58. The molecule has 0 radical (unpaired) electrons. The minimum Gasteiger partial charge on any atom is -0.442 e. The molecular formula is C28H31FN2O5S. The third kappa shape index (κ3) is 3.11. The summed E-state index contributed by atoms with van der Waals surface area (Å²) in [5.74, 6) is -1.33. The van der Waals surface area contributed by atoms with Crippen LogP contribution >= 0.6 is 11.3 Å². The van der Waals surface area contributed by atoms with Gasteiger partial charge in [-0.05, 0) is 56.6 Å². The molecule has 7 nitrogen and oxygen atoms in total. The van der Waals surface area contributed by atoms with Gasteiger partial charge in [0.15, 0.2) is 11.5 Å². The number of thiazole rings is 1. The Morgan fingerprint density at radius 2 is 2.11 bits per heavy atom. The number of allylic oxidation sites excluding steroid dienone is 4. The van der Waals surface area contributed by atoms with Crippen molar-refractivity contribution in [1.82, 2.24) is 9.97 Å². The molecule has 0 amide bonds. The maximum absolute atomic E-state index is 17.3. The van der Waals surface area contributed by atoms with E-state index in [9.17, 15) is 19.8 Å². The maximum Gasteiger partial charge on any atom is 0.263 e. The predicted molar refractivity (Wildman–Crippen MR) is 133 cm³/mol. The van der Waals surface area contributed by atoms with Gasteiger partial charge in [-0.3, -0.25) is 9.59 Å². The van der Waals surface area contributed by atoms with E-state index in [4.69, 9.17) is 4.42 Å². The third-order valence-electron chi connectivity index (χ3n) is 10.1. The molecular weight excluding hydrogens is 495 g/mol. The van der Waals surface area contributed by atoms with Crippen molar-refractivity contribution >= 4 is 22.9 Å². The number of oxazole rings is 1. The van der Waals surface area contributed by atoms with Crippen molar-refractivity contribution in [2.45, 2.75) is 70.2 Å². The van der Waals surface area contributed by atoms with Crippen LogP contribution in [0.25, 0.3) is 0 Å². The van der Waals surface area contributed by atoms with Crippen LogP contribution in [0.1, 0.15) is 67.8 Å². The van der Waals surface area contributed by atoms with Crippen molar-refractivity contribution in [3.63, 3.8) is 0 Å². The van der Waals surface area contributed by atoms with E-state index in [0.29, 0.717) is 30.0 Å². The number of halogens is 1. The number of aromatic nitrogens is 2. The molecule has 6 rings (SSSR count). The fourth-order valence-corrected chi connectivity index (χ4v) is 9.08. The molecule has 0 aromatic carbocycles. The Morgan fingerprint density at radius 1 is 1.32 bits per heavy atom.